The summed E-state index contributed by atoms with van der Waals surface area (Å²) in [5.74, 6) is 0.626. The van der Waals surface area contributed by atoms with Crippen LogP contribution < -0.4 is 0 Å². The van der Waals surface area contributed by atoms with Crippen molar-refractivity contribution in [3.05, 3.63) is 59.0 Å². The van der Waals surface area contributed by atoms with Crippen LogP contribution in [0.15, 0.2) is 41.0 Å². The summed E-state index contributed by atoms with van der Waals surface area (Å²) in [5.41, 5.74) is 3.59. The molecule has 0 saturated heterocycles. The van der Waals surface area contributed by atoms with Crippen molar-refractivity contribution < 1.29 is 9.52 Å². The van der Waals surface area contributed by atoms with Gasteiger partial charge in [0.1, 0.15) is 11.9 Å². The molecule has 2 heteroatoms. The monoisotopic (exact) mass is 216 g/mol. The third-order valence-corrected chi connectivity index (χ3v) is 2.79. The van der Waals surface area contributed by atoms with Crippen molar-refractivity contribution in [1.82, 2.24) is 0 Å². The van der Waals surface area contributed by atoms with Gasteiger partial charge in [0.25, 0.3) is 0 Å². The van der Waals surface area contributed by atoms with Gasteiger partial charge in [0.05, 0.1) is 6.26 Å². The Hall–Kier alpha value is -1.54. The first kappa shape index (κ1) is 11.0. The van der Waals surface area contributed by atoms with Crippen molar-refractivity contribution in [2.75, 3.05) is 0 Å². The van der Waals surface area contributed by atoms with Crippen molar-refractivity contribution in [2.45, 2.75) is 26.4 Å². The summed E-state index contributed by atoms with van der Waals surface area (Å²) in [7, 11) is 0. The molecule has 2 nitrogen and oxygen atoms in total. The molecule has 1 heterocycles. The van der Waals surface area contributed by atoms with Gasteiger partial charge in [-0.25, -0.2) is 0 Å². The minimum atomic E-state index is -0.560. The third-order valence-electron chi connectivity index (χ3n) is 2.79. The summed E-state index contributed by atoms with van der Waals surface area (Å²) < 4.78 is 5.19. The largest absolute Gasteiger partial charge is 0.467 e. The second-order valence-corrected chi connectivity index (χ2v) is 4.17. The van der Waals surface area contributed by atoms with Gasteiger partial charge < -0.3 is 9.52 Å². The Bertz CT molecular complexity index is 458. The molecule has 0 bridgehead atoms. The lowest BCUT2D eigenvalue weighted by Gasteiger charge is -2.11. The molecular weight excluding hydrogens is 200 g/mol. The molecule has 0 aliphatic rings. The van der Waals surface area contributed by atoms with Crippen LogP contribution in [-0.2, 0) is 6.42 Å². The zero-order chi connectivity index (χ0) is 11.5. The number of hydrogen-bond donors (Lipinski definition) is 1. The molecule has 0 aliphatic heterocycles. The van der Waals surface area contributed by atoms with E-state index in [1.807, 2.05) is 0 Å². The Morgan fingerprint density at radius 1 is 1.25 bits per heavy atom. The number of aryl methyl sites for hydroxylation is 2. The maximum atomic E-state index is 9.98. The Morgan fingerprint density at radius 3 is 2.75 bits per heavy atom. The zero-order valence-electron chi connectivity index (χ0n) is 9.60. The second-order valence-electron chi connectivity index (χ2n) is 4.17. The molecular formula is C14H16O2. The molecule has 1 N–H and O–H groups in total. The zero-order valence-corrected chi connectivity index (χ0v) is 9.60. The number of rotatable bonds is 3. The van der Waals surface area contributed by atoms with Gasteiger partial charge in [-0.1, -0.05) is 23.8 Å². The van der Waals surface area contributed by atoms with E-state index in [2.05, 4.69) is 32.0 Å². The highest BCUT2D eigenvalue weighted by molar-refractivity contribution is 5.31. The van der Waals surface area contributed by atoms with E-state index in [1.54, 1.807) is 18.4 Å². The lowest BCUT2D eigenvalue weighted by molar-refractivity contribution is 0.150. The van der Waals surface area contributed by atoms with Gasteiger partial charge in [-0.2, -0.15) is 0 Å². The predicted octanol–water partition coefficient (Wildman–Crippen LogP) is 3.17. The van der Waals surface area contributed by atoms with E-state index in [-0.39, 0.29) is 0 Å². The van der Waals surface area contributed by atoms with Crippen molar-refractivity contribution in [3.63, 3.8) is 0 Å². The first-order valence-corrected chi connectivity index (χ1v) is 5.44. The van der Waals surface area contributed by atoms with Gasteiger partial charge >= 0.3 is 0 Å². The van der Waals surface area contributed by atoms with Crippen molar-refractivity contribution in [2.24, 2.45) is 0 Å². The molecule has 1 aromatic heterocycles. The molecule has 1 aromatic carbocycles. The Morgan fingerprint density at radius 2 is 2.06 bits per heavy atom. The molecule has 0 spiro atoms. The SMILES string of the molecule is Cc1ccc(C)c(CC(O)c2ccco2)c1. The van der Waals surface area contributed by atoms with Crippen molar-refractivity contribution in [3.8, 4) is 0 Å². The van der Waals surface area contributed by atoms with Crippen LogP contribution in [0.5, 0.6) is 0 Å². The van der Waals surface area contributed by atoms with Crippen LogP contribution in [-0.4, -0.2) is 5.11 Å². The highest BCUT2D eigenvalue weighted by Gasteiger charge is 2.12. The average Bonchev–Trinajstić information content (AvgIpc) is 2.76. The van der Waals surface area contributed by atoms with Crippen LogP contribution in [0.25, 0.3) is 0 Å². The molecule has 0 amide bonds. The fourth-order valence-corrected chi connectivity index (χ4v) is 1.81. The van der Waals surface area contributed by atoms with Crippen LogP contribution in [0.4, 0.5) is 0 Å². The van der Waals surface area contributed by atoms with Gasteiger partial charge in [0, 0.05) is 6.42 Å². The molecule has 0 saturated carbocycles. The smallest absolute Gasteiger partial charge is 0.132 e. The van der Waals surface area contributed by atoms with Gasteiger partial charge in [0.15, 0.2) is 0 Å². The lowest BCUT2D eigenvalue weighted by Crippen LogP contribution is -2.02. The molecule has 0 fully saturated rings. The van der Waals surface area contributed by atoms with E-state index >= 15 is 0 Å². The Labute approximate surface area is 95.5 Å². The Kier molecular flexibility index (Phi) is 3.11. The highest BCUT2D eigenvalue weighted by Crippen LogP contribution is 2.21. The molecule has 1 atom stereocenters. The minimum absolute atomic E-state index is 0.560. The number of aliphatic hydroxyl groups excluding tert-OH is 1. The predicted molar refractivity (Wildman–Crippen MR) is 63.3 cm³/mol. The fourth-order valence-electron chi connectivity index (χ4n) is 1.81. The van der Waals surface area contributed by atoms with Crippen molar-refractivity contribution in [1.29, 1.82) is 0 Å². The van der Waals surface area contributed by atoms with Gasteiger partial charge in [-0.15, -0.1) is 0 Å². The summed E-state index contributed by atoms with van der Waals surface area (Å²) in [6, 6.07) is 9.87. The van der Waals surface area contributed by atoms with E-state index in [4.69, 9.17) is 4.42 Å². The van der Waals surface area contributed by atoms with Crippen LogP contribution in [0.2, 0.25) is 0 Å². The van der Waals surface area contributed by atoms with Gasteiger partial charge in [-0.05, 0) is 37.1 Å². The minimum Gasteiger partial charge on any atom is -0.467 e. The van der Waals surface area contributed by atoms with E-state index < -0.39 is 6.10 Å². The van der Waals surface area contributed by atoms with E-state index in [9.17, 15) is 5.11 Å². The van der Waals surface area contributed by atoms with Crippen molar-refractivity contribution >= 4 is 0 Å². The molecule has 16 heavy (non-hydrogen) atoms. The first-order chi connectivity index (χ1) is 7.66. The van der Waals surface area contributed by atoms with Crippen LogP contribution in [0.3, 0.4) is 0 Å². The maximum Gasteiger partial charge on any atom is 0.132 e. The second kappa shape index (κ2) is 4.54. The average molecular weight is 216 g/mol. The number of aliphatic hydroxyl groups is 1. The maximum absolute atomic E-state index is 9.98. The molecule has 2 aromatic rings. The highest BCUT2D eigenvalue weighted by atomic mass is 16.4. The van der Waals surface area contributed by atoms with E-state index in [1.165, 1.54) is 16.7 Å². The number of hydrogen-bond acceptors (Lipinski definition) is 2. The van der Waals surface area contributed by atoms with E-state index in [0.717, 1.165) is 0 Å². The quantitative estimate of drug-likeness (QED) is 0.854. The molecule has 1 unspecified atom stereocenters. The van der Waals surface area contributed by atoms with Crippen LogP contribution in [0.1, 0.15) is 28.6 Å². The summed E-state index contributed by atoms with van der Waals surface area (Å²) in [6.45, 7) is 4.12. The summed E-state index contributed by atoms with van der Waals surface area (Å²) in [4.78, 5) is 0. The summed E-state index contributed by atoms with van der Waals surface area (Å²) in [5, 5.41) is 9.98. The van der Waals surface area contributed by atoms with Gasteiger partial charge in [-0.3, -0.25) is 0 Å². The van der Waals surface area contributed by atoms with Crippen LogP contribution >= 0.6 is 0 Å². The third kappa shape index (κ3) is 2.34. The molecule has 2 rings (SSSR count). The standard InChI is InChI=1S/C14H16O2/c1-10-5-6-11(2)12(8-10)9-13(15)14-4-3-7-16-14/h3-8,13,15H,9H2,1-2H3. The van der Waals surface area contributed by atoms with E-state index in [0.29, 0.717) is 12.2 Å². The Balaban J connectivity index is 2.17. The summed E-state index contributed by atoms with van der Waals surface area (Å²) >= 11 is 0. The normalized spacial score (nSPS) is 12.7. The molecule has 84 valence electrons. The van der Waals surface area contributed by atoms with Gasteiger partial charge in [0.2, 0.25) is 0 Å². The number of benzene rings is 1. The fraction of sp³-hybridized carbons (Fsp3) is 0.286. The molecule has 0 aliphatic carbocycles. The molecule has 0 radical (unpaired) electrons. The number of furan rings is 1. The first-order valence-electron chi connectivity index (χ1n) is 5.44. The summed E-state index contributed by atoms with van der Waals surface area (Å²) in [6.07, 6.45) is 1.62. The topological polar surface area (TPSA) is 33.4 Å². The lowest BCUT2D eigenvalue weighted by atomic mass is 9.99. The van der Waals surface area contributed by atoms with Crippen LogP contribution in [0, 0.1) is 13.8 Å².